The summed E-state index contributed by atoms with van der Waals surface area (Å²) >= 11 is 0. The number of hydrogen-bond donors (Lipinski definition) is 0. The van der Waals surface area contributed by atoms with Gasteiger partial charge in [-0.1, -0.05) is 6.42 Å². The highest BCUT2D eigenvalue weighted by Gasteiger charge is 2.21. The molecule has 1 aliphatic rings. The van der Waals surface area contributed by atoms with Crippen LogP contribution in [0.5, 0.6) is 0 Å². The van der Waals surface area contributed by atoms with E-state index in [1.165, 1.54) is 19.3 Å². The SMILES string of the molecule is Cc1nc(C#N)cc(C2CCC2)n1. The molecule has 1 aliphatic carbocycles. The Labute approximate surface area is 77.4 Å². The van der Waals surface area contributed by atoms with Gasteiger partial charge < -0.3 is 0 Å². The van der Waals surface area contributed by atoms with Crippen molar-refractivity contribution in [3.8, 4) is 6.07 Å². The van der Waals surface area contributed by atoms with Crippen molar-refractivity contribution in [2.24, 2.45) is 0 Å². The summed E-state index contributed by atoms with van der Waals surface area (Å²) < 4.78 is 0. The smallest absolute Gasteiger partial charge is 0.144 e. The molecule has 13 heavy (non-hydrogen) atoms. The van der Waals surface area contributed by atoms with Gasteiger partial charge in [-0.15, -0.1) is 0 Å². The first-order chi connectivity index (χ1) is 6.29. The fourth-order valence-electron chi connectivity index (χ4n) is 1.56. The van der Waals surface area contributed by atoms with E-state index in [1.54, 1.807) is 0 Å². The average molecular weight is 173 g/mol. The molecule has 66 valence electrons. The molecule has 0 N–H and O–H groups in total. The quantitative estimate of drug-likeness (QED) is 0.652. The van der Waals surface area contributed by atoms with Crippen molar-refractivity contribution in [1.82, 2.24) is 9.97 Å². The molecule has 1 fully saturated rings. The predicted octanol–water partition coefficient (Wildman–Crippen LogP) is 1.92. The molecule has 0 atom stereocenters. The zero-order valence-corrected chi connectivity index (χ0v) is 7.62. The first-order valence-electron chi connectivity index (χ1n) is 4.55. The van der Waals surface area contributed by atoms with E-state index in [1.807, 2.05) is 13.0 Å². The summed E-state index contributed by atoms with van der Waals surface area (Å²) in [7, 11) is 0. The summed E-state index contributed by atoms with van der Waals surface area (Å²) in [6.07, 6.45) is 3.71. The molecule has 0 amide bonds. The summed E-state index contributed by atoms with van der Waals surface area (Å²) in [5.74, 6) is 1.29. The molecular weight excluding hydrogens is 162 g/mol. The van der Waals surface area contributed by atoms with Crippen LogP contribution in [-0.2, 0) is 0 Å². The van der Waals surface area contributed by atoms with Crippen LogP contribution in [0.2, 0.25) is 0 Å². The molecule has 0 radical (unpaired) electrons. The van der Waals surface area contributed by atoms with Crippen molar-refractivity contribution in [1.29, 1.82) is 5.26 Å². The predicted molar refractivity (Wildman–Crippen MR) is 48.1 cm³/mol. The van der Waals surface area contributed by atoms with Gasteiger partial charge in [0.05, 0.1) is 0 Å². The van der Waals surface area contributed by atoms with Crippen molar-refractivity contribution in [3.05, 3.63) is 23.3 Å². The van der Waals surface area contributed by atoms with E-state index >= 15 is 0 Å². The minimum Gasteiger partial charge on any atom is -0.238 e. The Hall–Kier alpha value is -1.43. The molecule has 0 unspecified atom stereocenters. The molecule has 0 aliphatic heterocycles. The largest absolute Gasteiger partial charge is 0.238 e. The number of aromatic nitrogens is 2. The molecule has 0 spiro atoms. The Bertz CT molecular complexity index is 361. The molecule has 1 aromatic rings. The van der Waals surface area contributed by atoms with Gasteiger partial charge in [-0.3, -0.25) is 0 Å². The highest BCUT2D eigenvalue weighted by atomic mass is 14.9. The van der Waals surface area contributed by atoms with Crippen molar-refractivity contribution < 1.29 is 0 Å². The normalized spacial score (nSPS) is 16.3. The van der Waals surface area contributed by atoms with E-state index in [9.17, 15) is 0 Å². The molecular formula is C10H11N3. The van der Waals surface area contributed by atoms with Gasteiger partial charge in [0, 0.05) is 11.6 Å². The third kappa shape index (κ3) is 1.52. The second-order valence-corrected chi connectivity index (χ2v) is 3.46. The maximum absolute atomic E-state index is 8.72. The van der Waals surface area contributed by atoms with Crippen LogP contribution < -0.4 is 0 Å². The van der Waals surface area contributed by atoms with Crippen molar-refractivity contribution in [2.45, 2.75) is 32.1 Å². The maximum Gasteiger partial charge on any atom is 0.144 e. The van der Waals surface area contributed by atoms with E-state index in [0.29, 0.717) is 17.4 Å². The molecule has 0 aromatic carbocycles. The number of rotatable bonds is 1. The standard InChI is InChI=1S/C10H11N3/c1-7-12-9(6-11)5-10(13-7)8-3-2-4-8/h5,8H,2-4H2,1H3. The van der Waals surface area contributed by atoms with E-state index in [-0.39, 0.29) is 0 Å². The van der Waals surface area contributed by atoms with E-state index < -0.39 is 0 Å². The van der Waals surface area contributed by atoms with Gasteiger partial charge in [0.1, 0.15) is 17.6 Å². The number of nitriles is 1. The lowest BCUT2D eigenvalue weighted by atomic mass is 9.82. The summed E-state index contributed by atoms with van der Waals surface area (Å²) in [5.41, 5.74) is 1.55. The fraction of sp³-hybridized carbons (Fsp3) is 0.500. The van der Waals surface area contributed by atoms with Gasteiger partial charge >= 0.3 is 0 Å². The third-order valence-corrected chi connectivity index (χ3v) is 2.50. The maximum atomic E-state index is 8.72. The summed E-state index contributed by atoms with van der Waals surface area (Å²) in [6.45, 7) is 1.84. The Balaban J connectivity index is 2.35. The first-order valence-corrected chi connectivity index (χ1v) is 4.55. The Morgan fingerprint density at radius 1 is 1.46 bits per heavy atom. The molecule has 0 bridgehead atoms. The van der Waals surface area contributed by atoms with Gasteiger partial charge in [0.25, 0.3) is 0 Å². The zero-order valence-electron chi connectivity index (χ0n) is 7.62. The Morgan fingerprint density at radius 3 is 2.77 bits per heavy atom. The van der Waals surface area contributed by atoms with Crippen LogP contribution in [0.1, 0.15) is 42.4 Å². The molecule has 1 heterocycles. The van der Waals surface area contributed by atoms with E-state index in [2.05, 4.69) is 16.0 Å². The molecule has 3 nitrogen and oxygen atoms in total. The molecule has 2 rings (SSSR count). The minimum atomic E-state index is 0.495. The van der Waals surface area contributed by atoms with Crippen molar-refractivity contribution >= 4 is 0 Å². The van der Waals surface area contributed by atoms with Crippen LogP contribution in [0.3, 0.4) is 0 Å². The van der Waals surface area contributed by atoms with Crippen LogP contribution in [0.25, 0.3) is 0 Å². The minimum absolute atomic E-state index is 0.495. The van der Waals surface area contributed by atoms with E-state index in [4.69, 9.17) is 5.26 Å². The van der Waals surface area contributed by atoms with Crippen molar-refractivity contribution in [3.63, 3.8) is 0 Å². The van der Waals surface area contributed by atoms with Gasteiger partial charge in [-0.25, -0.2) is 9.97 Å². The summed E-state index contributed by atoms with van der Waals surface area (Å²) in [6, 6.07) is 3.88. The molecule has 1 aromatic heterocycles. The Kier molecular flexibility index (Phi) is 1.97. The van der Waals surface area contributed by atoms with Crippen LogP contribution in [-0.4, -0.2) is 9.97 Å². The molecule has 1 saturated carbocycles. The van der Waals surface area contributed by atoms with Crippen molar-refractivity contribution in [2.75, 3.05) is 0 Å². The lowest BCUT2D eigenvalue weighted by Gasteiger charge is -2.24. The number of aryl methyl sites for hydroxylation is 1. The summed E-state index contributed by atoms with van der Waals surface area (Å²) in [5, 5.41) is 8.72. The first kappa shape index (κ1) is 8.18. The van der Waals surface area contributed by atoms with Crippen LogP contribution in [0.15, 0.2) is 6.07 Å². The number of hydrogen-bond acceptors (Lipinski definition) is 3. The third-order valence-electron chi connectivity index (χ3n) is 2.50. The lowest BCUT2D eigenvalue weighted by Crippen LogP contribution is -2.12. The van der Waals surface area contributed by atoms with E-state index in [0.717, 1.165) is 5.69 Å². The topological polar surface area (TPSA) is 49.6 Å². The average Bonchev–Trinajstić information content (AvgIpc) is 2.00. The van der Waals surface area contributed by atoms with Gasteiger partial charge in [-0.05, 0) is 25.8 Å². The van der Waals surface area contributed by atoms with Crippen LogP contribution in [0, 0.1) is 18.3 Å². The zero-order chi connectivity index (χ0) is 9.26. The molecule has 0 saturated heterocycles. The van der Waals surface area contributed by atoms with Crippen LogP contribution >= 0.6 is 0 Å². The second kappa shape index (κ2) is 3.14. The fourth-order valence-corrected chi connectivity index (χ4v) is 1.56. The van der Waals surface area contributed by atoms with Gasteiger partial charge in [0.15, 0.2) is 0 Å². The second-order valence-electron chi connectivity index (χ2n) is 3.46. The highest BCUT2D eigenvalue weighted by molar-refractivity contribution is 5.25. The lowest BCUT2D eigenvalue weighted by molar-refractivity contribution is 0.410. The number of nitrogens with zero attached hydrogens (tertiary/aromatic N) is 3. The Morgan fingerprint density at radius 2 is 2.23 bits per heavy atom. The monoisotopic (exact) mass is 173 g/mol. The van der Waals surface area contributed by atoms with Crippen LogP contribution in [0.4, 0.5) is 0 Å². The van der Waals surface area contributed by atoms with Gasteiger partial charge in [0.2, 0.25) is 0 Å². The molecule has 3 heteroatoms. The highest BCUT2D eigenvalue weighted by Crippen LogP contribution is 2.35. The van der Waals surface area contributed by atoms with Gasteiger partial charge in [-0.2, -0.15) is 5.26 Å². The summed E-state index contributed by atoms with van der Waals surface area (Å²) in [4.78, 5) is 8.36.